The van der Waals surface area contributed by atoms with E-state index in [4.69, 9.17) is 0 Å². The first-order valence-corrected chi connectivity index (χ1v) is 5.18. The van der Waals surface area contributed by atoms with E-state index in [1.54, 1.807) is 12.1 Å². The number of halogens is 1. The van der Waals surface area contributed by atoms with Gasteiger partial charge in [-0.15, -0.1) is 6.58 Å². The maximum atomic E-state index is 12.9. The minimum Gasteiger partial charge on any atom is -0.316 e. The minimum absolute atomic E-state index is 0.169. The van der Waals surface area contributed by atoms with Crippen molar-refractivity contribution in [3.63, 3.8) is 0 Å². The number of hydrogen-bond donors (Lipinski definition) is 1. The quantitative estimate of drug-likeness (QED) is 0.732. The topological polar surface area (TPSA) is 12.0 Å². The van der Waals surface area contributed by atoms with Crippen molar-refractivity contribution in [2.75, 3.05) is 7.05 Å². The Morgan fingerprint density at radius 2 is 2.27 bits per heavy atom. The number of benzene rings is 1. The van der Waals surface area contributed by atoms with Gasteiger partial charge in [-0.05, 0) is 44.5 Å². The Balaban J connectivity index is 2.62. The molecule has 0 fully saturated rings. The molecule has 0 aliphatic heterocycles. The molecule has 1 aromatic carbocycles. The van der Waals surface area contributed by atoms with Gasteiger partial charge in [0, 0.05) is 6.04 Å². The molecule has 0 aromatic heterocycles. The third kappa shape index (κ3) is 4.26. The summed E-state index contributed by atoms with van der Waals surface area (Å²) in [6.45, 7) is 5.90. The number of rotatable bonds is 5. The highest BCUT2D eigenvalue weighted by atomic mass is 19.1. The van der Waals surface area contributed by atoms with E-state index in [-0.39, 0.29) is 5.82 Å². The minimum atomic E-state index is -0.169. The van der Waals surface area contributed by atoms with Gasteiger partial charge in [0.15, 0.2) is 0 Å². The SMILES string of the molecule is C=C(C)CC(Cc1cccc(F)c1)NC. The summed E-state index contributed by atoms with van der Waals surface area (Å²) in [7, 11) is 1.92. The Hall–Kier alpha value is -1.15. The molecule has 0 heterocycles. The molecule has 1 atom stereocenters. The van der Waals surface area contributed by atoms with E-state index in [9.17, 15) is 4.39 Å². The molecule has 15 heavy (non-hydrogen) atoms. The van der Waals surface area contributed by atoms with Gasteiger partial charge in [0.25, 0.3) is 0 Å². The van der Waals surface area contributed by atoms with Gasteiger partial charge >= 0.3 is 0 Å². The lowest BCUT2D eigenvalue weighted by Crippen LogP contribution is -2.27. The third-order valence-electron chi connectivity index (χ3n) is 2.37. The van der Waals surface area contributed by atoms with Gasteiger partial charge in [0.1, 0.15) is 5.82 Å². The summed E-state index contributed by atoms with van der Waals surface area (Å²) in [4.78, 5) is 0. The predicted molar refractivity (Wildman–Crippen MR) is 62.4 cm³/mol. The van der Waals surface area contributed by atoms with Crippen LogP contribution in [-0.2, 0) is 6.42 Å². The van der Waals surface area contributed by atoms with E-state index in [0.29, 0.717) is 6.04 Å². The molecule has 1 aromatic rings. The summed E-state index contributed by atoms with van der Waals surface area (Å²) in [6, 6.07) is 7.09. The van der Waals surface area contributed by atoms with Crippen molar-refractivity contribution in [2.45, 2.75) is 25.8 Å². The fourth-order valence-electron chi connectivity index (χ4n) is 1.65. The van der Waals surface area contributed by atoms with Crippen molar-refractivity contribution >= 4 is 0 Å². The summed E-state index contributed by atoms with van der Waals surface area (Å²) >= 11 is 0. The van der Waals surface area contributed by atoms with Crippen LogP contribution in [0.3, 0.4) is 0 Å². The molecule has 0 saturated heterocycles. The van der Waals surface area contributed by atoms with Crippen LogP contribution >= 0.6 is 0 Å². The molecule has 0 saturated carbocycles. The average molecular weight is 207 g/mol. The fourth-order valence-corrected chi connectivity index (χ4v) is 1.65. The molecule has 0 bridgehead atoms. The third-order valence-corrected chi connectivity index (χ3v) is 2.37. The molecule has 0 spiro atoms. The van der Waals surface area contributed by atoms with E-state index < -0.39 is 0 Å². The van der Waals surface area contributed by atoms with Gasteiger partial charge in [0.05, 0.1) is 0 Å². The van der Waals surface area contributed by atoms with Crippen molar-refractivity contribution in [3.8, 4) is 0 Å². The van der Waals surface area contributed by atoms with E-state index in [0.717, 1.165) is 24.0 Å². The highest BCUT2D eigenvalue weighted by Crippen LogP contribution is 2.10. The van der Waals surface area contributed by atoms with Crippen molar-refractivity contribution in [1.82, 2.24) is 5.32 Å². The molecule has 0 radical (unpaired) electrons. The summed E-state index contributed by atoms with van der Waals surface area (Å²) in [5, 5.41) is 3.22. The van der Waals surface area contributed by atoms with Crippen LogP contribution in [0.5, 0.6) is 0 Å². The summed E-state index contributed by atoms with van der Waals surface area (Å²) < 4.78 is 12.9. The van der Waals surface area contributed by atoms with Crippen molar-refractivity contribution < 1.29 is 4.39 Å². The highest BCUT2D eigenvalue weighted by Gasteiger charge is 2.07. The molecule has 2 heteroatoms. The molecule has 1 unspecified atom stereocenters. The number of hydrogen-bond acceptors (Lipinski definition) is 1. The first-order valence-electron chi connectivity index (χ1n) is 5.18. The highest BCUT2D eigenvalue weighted by molar-refractivity contribution is 5.17. The second-order valence-corrected chi connectivity index (χ2v) is 3.98. The Morgan fingerprint density at radius 3 is 2.80 bits per heavy atom. The van der Waals surface area contributed by atoms with Crippen LogP contribution in [0.2, 0.25) is 0 Å². The van der Waals surface area contributed by atoms with E-state index in [1.165, 1.54) is 6.07 Å². The lowest BCUT2D eigenvalue weighted by Gasteiger charge is -2.16. The zero-order chi connectivity index (χ0) is 11.3. The van der Waals surface area contributed by atoms with Crippen LogP contribution < -0.4 is 5.32 Å². The van der Waals surface area contributed by atoms with Crippen molar-refractivity contribution in [3.05, 3.63) is 47.8 Å². The largest absolute Gasteiger partial charge is 0.316 e. The van der Waals surface area contributed by atoms with Gasteiger partial charge in [-0.1, -0.05) is 17.7 Å². The summed E-state index contributed by atoms with van der Waals surface area (Å²) in [6.07, 6.45) is 1.76. The van der Waals surface area contributed by atoms with Crippen LogP contribution in [0.15, 0.2) is 36.4 Å². The molecule has 0 aliphatic carbocycles. The Kier molecular flexibility index (Phi) is 4.50. The van der Waals surface area contributed by atoms with Gasteiger partial charge in [-0.2, -0.15) is 0 Å². The fraction of sp³-hybridized carbons (Fsp3) is 0.385. The van der Waals surface area contributed by atoms with Crippen LogP contribution in [0, 0.1) is 5.82 Å². The standard InChI is InChI=1S/C13H18FN/c1-10(2)7-13(15-3)9-11-5-4-6-12(14)8-11/h4-6,8,13,15H,1,7,9H2,2-3H3. The van der Waals surface area contributed by atoms with Gasteiger partial charge in [-0.25, -0.2) is 4.39 Å². The van der Waals surface area contributed by atoms with Gasteiger partial charge < -0.3 is 5.32 Å². The van der Waals surface area contributed by atoms with Crippen LogP contribution in [0.1, 0.15) is 18.9 Å². The monoisotopic (exact) mass is 207 g/mol. The van der Waals surface area contributed by atoms with Gasteiger partial charge in [-0.3, -0.25) is 0 Å². The molecular formula is C13H18FN. The van der Waals surface area contributed by atoms with Crippen LogP contribution in [0.25, 0.3) is 0 Å². The lowest BCUT2D eigenvalue weighted by molar-refractivity contribution is 0.551. The van der Waals surface area contributed by atoms with Crippen molar-refractivity contribution in [2.24, 2.45) is 0 Å². The molecule has 0 aliphatic rings. The van der Waals surface area contributed by atoms with Crippen LogP contribution in [0.4, 0.5) is 4.39 Å². The number of likely N-dealkylation sites (N-methyl/N-ethyl adjacent to an activating group) is 1. The zero-order valence-electron chi connectivity index (χ0n) is 9.39. The molecule has 0 amide bonds. The molecule has 1 rings (SSSR count). The zero-order valence-corrected chi connectivity index (χ0v) is 9.39. The van der Waals surface area contributed by atoms with E-state index in [1.807, 2.05) is 20.0 Å². The second-order valence-electron chi connectivity index (χ2n) is 3.98. The van der Waals surface area contributed by atoms with Gasteiger partial charge in [0.2, 0.25) is 0 Å². The molecule has 82 valence electrons. The Labute approximate surface area is 91.0 Å². The maximum absolute atomic E-state index is 12.9. The first kappa shape index (κ1) is 11.9. The average Bonchev–Trinajstić information content (AvgIpc) is 2.16. The molecule has 1 N–H and O–H groups in total. The van der Waals surface area contributed by atoms with Crippen molar-refractivity contribution in [1.29, 1.82) is 0 Å². The number of nitrogens with one attached hydrogen (secondary N) is 1. The predicted octanol–water partition coefficient (Wildman–Crippen LogP) is 2.92. The molecule has 1 nitrogen and oxygen atoms in total. The second kappa shape index (κ2) is 5.66. The Morgan fingerprint density at radius 1 is 1.53 bits per heavy atom. The van der Waals surface area contributed by atoms with Crippen LogP contribution in [-0.4, -0.2) is 13.1 Å². The van der Waals surface area contributed by atoms with E-state index >= 15 is 0 Å². The summed E-state index contributed by atoms with van der Waals surface area (Å²) in [5.74, 6) is -0.169. The summed E-state index contributed by atoms with van der Waals surface area (Å²) in [5.41, 5.74) is 2.17. The normalized spacial score (nSPS) is 12.5. The molecular weight excluding hydrogens is 189 g/mol. The Bertz CT molecular complexity index is 333. The van der Waals surface area contributed by atoms with E-state index in [2.05, 4.69) is 11.9 Å². The smallest absolute Gasteiger partial charge is 0.123 e. The first-order chi connectivity index (χ1) is 7.11. The lowest BCUT2D eigenvalue weighted by atomic mass is 10.0. The maximum Gasteiger partial charge on any atom is 0.123 e.